The van der Waals surface area contributed by atoms with E-state index >= 15 is 0 Å². The highest BCUT2D eigenvalue weighted by Crippen LogP contribution is 2.23. The van der Waals surface area contributed by atoms with Crippen molar-refractivity contribution in [1.82, 2.24) is 4.98 Å². The molecular formula is C11H19N3. The normalized spacial score (nSPS) is 11.5. The third-order valence-corrected chi connectivity index (χ3v) is 2.76. The Morgan fingerprint density at radius 2 is 2.14 bits per heavy atom. The number of rotatable bonds is 3. The van der Waals surface area contributed by atoms with Gasteiger partial charge in [0.05, 0.1) is 0 Å². The van der Waals surface area contributed by atoms with Crippen molar-refractivity contribution in [3.8, 4) is 0 Å². The molecule has 1 rings (SSSR count). The van der Waals surface area contributed by atoms with E-state index in [-0.39, 0.29) is 5.54 Å². The molecule has 0 aliphatic heterocycles. The minimum absolute atomic E-state index is 0.0217. The molecule has 3 heteroatoms. The zero-order chi connectivity index (χ0) is 10.8. The number of nitrogens with zero attached hydrogens (tertiary/aromatic N) is 2. The first-order valence-corrected chi connectivity index (χ1v) is 4.83. The smallest absolute Gasteiger partial charge is 0.0464 e. The Morgan fingerprint density at radius 1 is 1.50 bits per heavy atom. The number of aryl methyl sites for hydroxylation is 1. The Balaban J connectivity index is 3.00. The Morgan fingerprint density at radius 3 is 2.64 bits per heavy atom. The predicted octanol–water partition coefficient (Wildman–Crippen LogP) is 1.56. The van der Waals surface area contributed by atoms with Gasteiger partial charge in [0.2, 0.25) is 0 Å². The van der Waals surface area contributed by atoms with Crippen molar-refractivity contribution >= 4 is 5.69 Å². The van der Waals surface area contributed by atoms with Crippen LogP contribution in [-0.4, -0.2) is 24.1 Å². The van der Waals surface area contributed by atoms with E-state index in [1.807, 2.05) is 18.5 Å². The molecule has 1 aromatic heterocycles. The maximum atomic E-state index is 5.74. The summed E-state index contributed by atoms with van der Waals surface area (Å²) in [6.45, 7) is 6.95. The Hall–Kier alpha value is -1.09. The Labute approximate surface area is 85.9 Å². The molecule has 3 nitrogen and oxygen atoms in total. The maximum absolute atomic E-state index is 5.74. The van der Waals surface area contributed by atoms with E-state index in [2.05, 4.69) is 37.7 Å². The molecule has 0 saturated heterocycles. The number of likely N-dealkylation sites (N-methyl/N-ethyl adjacent to an activating group) is 1. The molecule has 0 amide bonds. The van der Waals surface area contributed by atoms with Crippen molar-refractivity contribution in [3.63, 3.8) is 0 Å². The first-order chi connectivity index (χ1) is 6.49. The van der Waals surface area contributed by atoms with Crippen molar-refractivity contribution in [2.45, 2.75) is 26.3 Å². The third kappa shape index (κ3) is 2.04. The topological polar surface area (TPSA) is 42.2 Å². The van der Waals surface area contributed by atoms with E-state index in [0.717, 1.165) is 0 Å². The minimum Gasteiger partial charge on any atom is -0.368 e. The molecule has 0 bridgehead atoms. The van der Waals surface area contributed by atoms with Crippen LogP contribution in [0.3, 0.4) is 0 Å². The summed E-state index contributed by atoms with van der Waals surface area (Å²) in [5.74, 6) is 0. The molecule has 0 fully saturated rings. The zero-order valence-electron chi connectivity index (χ0n) is 9.41. The first-order valence-electron chi connectivity index (χ1n) is 4.83. The van der Waals surface area contributed by atoms with E-state index in [1.165, 1.54) is 11.3 Å². The summed E-state index contributed by atoms with van der Waals surface area (Å²) in [5.41, 5.74) is 8.08. The second-order valence-corrected chi connectivity index (χ2v) is 4.24. The molecule has 2 N–H and O–H groups in total. The molecule has 0 aliphatic rings. The molecule has 0 radical (unpaired) electrons. The lowest BCUT2D eigenvalue weighted by Crippen LogP contribution is -2.47. The van der Waals surface area contributed by atoms with E-state index in [9.17, 15) is 0 Å². The van der Waals surface area contributed by atoms with Crippen LogP contribution >= 0.6 is 0 Å². The fourth-order valence-electron chi connectivity index (χ4n) is 1.31. The van der Waals surface area contributed by atoms with Gasteiger partial charge in [-0.3, -0.25) is 4.98 Å². The van der Waals surface area contributed by atoms with Gasteiger partial charge >= 0.3 is 0 Å². The molecule has 0 atom stereocenters. The molecule has 0 aromatic carbocycles. The Bertz CT molecular complexity index is 307. The summed E-state index contributed by atoms with van der Waals surface area (Å²) in [4.78, 5) is 6.28. The fraction of sp³-hybridized carbons (Fsp3) is 0.545. The molecule has 14 heavy (non-hydrogen) atoms. The highest BCUT2D eigenvalue weighted by Gasteiger charge is 2.22. The average molecular weight is 193 g/mol. The van der Waals surface area contributed by atoms with Crippen molar-refractivity contribution < 1.29 is 0 Å². The van der Waals surface area contributed by atoms with Crippen molar-refractivity contribution in [1.29, 1.82) is 0 Å². The van der Waals surface area contributed by atoms with Crippen molar-refractivity contribution in [2.75, 3.05) is 18.5 Å². The standard InChI is InChI=1S/C11H19N3/c1-9-7-13-6-5-10(9)14(4)11(2,3)8-12/h5-7H,8,12H2,1-4H3. The van der Waals surface area contributed by atoms with E-state index < -0.39 is 0 Å². The van der Waals surface area contributed by atoms with E-state index in [4.69, 9.17) is 5.73 Å². The molecule has 1 heterocycles. The van der Waals surface area contributed by atoms with Crippen LogP contribution in [0.15, 0.2) is 18.5 Å². The van der Waals surface area contributed by atoms with Gasteiger partial charge in [-0.25, -0.2) is 0 Å². The molecular weight excluding hydrogens is 174 g/mol. The SMILES string of the molecule is Cc1cnccc1N(C)C(C)(C)CN. The summed E-state index contributed by atoms with van der Waals surface area (Å²) in [5, 5.41) is 0. The first kappa shape index (κ1) is 11.0. The van der Waals surface area contributed by atoms with Crippen LogP contribution < -0.4 is 10.6 Å². The van der Waals surface area contributed by atoms with Gasteiger partial charge in [0.1, 0.15) is 0 Å². The van der Waals surface area contributed by atoms with E-state index in [0.29, 0.717) is 6.54 Å². The number of anilines is 1. The van der Waals surface area contributed by atoms with Crippen LogP contribution in [0.4, 0.5) is 5.69 Å². The molecule has 0 aliphatic carbocycles. The minimum atomic E-state index is -0.0217. The monoisotopic (exact) mass is 193 g/mol. The lowest BCUT2D eigenvalue weighted by Gasteiger charge is -2.37. The zero-order valence-corrected chi connectivity index (χ0v) is 9.41. The van der Waals surface area contributed by atoms with Crippen LogP contribution in [0, 0.1) is 6.92 Å². The number of pyridine rings is 1. The number of aromatic nitrogens is 1. The lowest BCUT2D eigenvalue weighted by atomic mass is 10.0. The average Bonchev–Trinajstić information content (AvgIpc) is 2.17. The van der Waals surface area contributed by atoms with E-state index in [1.54, 1.807) is 0 Å². The van der Waals surface area contributed by atoms with Gasteiger partial charge in [0, 0.05) is 37.2 Å². The van der Waals surface area contributed by atoms with Crippen LogP contribution in [0.5, 0.6) is 0 Å². The van der Waals surface area contributed by atoms with Crippen LogP contribution in [0.25, 0.3) is 0 Å². The predicted molar refractivity (Wildman–Crippen MR) is 60.5 cm³/mol. The van der Waals surface area contributed by atoms with Gasteiger partial charge in [0.25, 0.3) is 0 Å². The highest BCUT2D eigenvalue weighted by atomic mass is 15.2. The number of hydrogen-bond donors (Lipinski definition) is 1. The maximum Gasteiger partial charge on any atom is 0.0464 e. The van der Waals surface area contributed by atoms with Crippen molar-refractivity contribution in [3.05, 3.63) is 24.0 Å². The number of nitrogens with two attached hydrogens (primary N) is 1. The molecule has 78 valence electrons. The van der Waals surface area contributed by atoms with Crippen LogP contribution in [0.2, 0.25) is 0 Å². The van der Waals surface area contributed by atoms with Gasteiger partial charge < -0.3 is 10.6 Å². The Kier molecular flexibility index (Phi) is 3.11. The molecule has 1 aromatic rings. The van der Waals surface area contributed by atoms with Gasteiger partial charge in [-0.15, -0.1) is 0 Å². The largest absolute Gasteiger partial charge is 0.368 e. The summed E-state index contributed by atoms with van der Waals surface area (Å²) < 4.78 is 0. The summed E-state index contributed by atoms with van der Waals surface area (Å²) >= 11 is 0. The van der Waals surface area contributed by atoms with Gasteiger partial charge in [-0.2, -0.15) is 0 Å². The molecule has 0 unspecified atom stereocenters. The second kappa shape index (κ2) is 3.96. The second-order valence-electron chi connectivity index (χ2n) is 4.24. The quantitative estimate of drug-likeness (QED) is 0.792. The third-order valence-electron chi connectivity index (χ3n) is 2.76. The summed E-state index contributed by atoms with van der Waals surface area (Å²) in [7, 11) is 2.06. The van der Waals surface area contributed by atoms with Gasteiger partial charge in [-0.1, -0.05) is 0 Å². The van der Waals surface area contributed by atoms with Crippen LogP contribution in [0.1, 0.15) is 19.4 Å². The molecule has 0 saturated carbocycles. The lowest BCUT2D eigenvalue weighted by molar-refractivity contribution is 0.498. The summed E-state index contributed by atoms with van der Waals surface area (Å²) in [6.07, 6.45) is 3.68. The van der Waals surface area contributed by atoms with Gasteiger partial charge in [-0.05, 0) is 32.4 Å². The van der Waals surface area contributed by atoms with Crippen molar-refractivity contribution in [2.24, 2.45) is 5.73 Å². The summed E-state index contributed by atoms with van der Waals surface area (Å²) in [6, 6.07) is 2.02. The number of hydrogen-bond acceptors (Lipinski definition) is 3. The molecule has 0 spiro atoms. The highest BCUT2D eigenvalue weighted by molar-refractivity contribution is 5.52. The fourth-order valence-corrected chi connectivity index (χ4v) is 1.31. The van der Waals surface area contributed by atoms with Gasteiger partial charge in [0.15, 0.2) is 0 Å². The van der Waals surface area contributed by atoms with Crippen LogP contribution in [-0.2, 0) is 0 Å².